The van der Waals surface area contributed by atoms with Crippen LogP contribution >= 0.6 is 0 Å². The lowest BCUT2D eigenvalue weighted by Gasteiger charge is -2.36. The van der Waals surface area contributed by atoms with Gasteiger partial charge in [-0.25, -0.2) is 0 Å². The first-order valence-corrected chi connectivity index (χ1v) is 12.5. The number of likely N-dealkylation sites (tertiary alicyclic amines) is 1. The van der Waals surface area contributed by atoms with Crippen molar-refractivity contribution in [2.45, 2.75) is 76.3 Å². The Morgan fingerprint density at radius 3 is 2.35 bits per heavy atom. The molecular weight excluding hydrogens is 386 g/mol. The molecule has 1 aromatic heterocycles. The zero-order valence-corrected chi connectivity index (χ0v) is 19.0. The molecule has 1 N–H and O–H groups in total. The summed E-state index contributed by atoms with van der Waals surface area (Å²) in [4.78, 5) is 18.2. The van der Waals surface area contributed by atoms with Crippen molar-refractivity contribution < 1.29 is 4.79 Å². The fourth-order valence-electron chi connectivity index (χ4n) is 5.87. The number of benzene rings is 1. The van der Waals surface area contributed by atoms with Gasteiger partial charge < -0.3 is 15.1 Å². The Bertz CT molecular complexity index is 900. The number of amides is 1. The molecule has 2 aliphatic heterocycles. The number of aromatic nitrogens is 2. The molecule has 0 unspecified atom stereocenters. The van der Waals surface area contributed by atoms with Gasteiger partial charge in [0.15, 0.2) is 5.69 Å². The minimum atomic E-state index is -0.0209. The number of carbonyl (C=O) groups is 1. The lowest BCUT2D eigenvalue weighted by atomic mass is 10.0. The maximum absolute atomic E-state index is 13.1. The number of aryl methyl sites for hydroxylation is 1. The van der Waals surface area contributed by atoms with E-state index in [0.29, 0.717) is 5.69 Å². The second-order valence-electron chi connectivity index (χ2n) is 9.80. The van der Waals surface area contributed by atoms with Gasteiger partial charge in [-0.2, -0.15) is 5.10 Å². The largest absolute Gasteiger partial charge is 0.371 e. The van der Waals surface area contributed by atoms with Crippen molar-refractivity contribution in [1.82, 2.24) is 20.0 Å². The van der Waals surface area contributed by atoms with Crippen molar-refractivity contribution in [2.24, 2.45) is 7.05 Å². The summed E-state index contributed by atoms with van der Waals surface area (Å²) in [5.74, 6) is -0.0209. The predicted molar refractivity (Wildman–Crippen MR) is 126 cm³/mol. The molecule has 3 heterocycles. The standard InChI is InChI=1S/C25H37N5O/c1-28-23-18-21(29-14-6-2-3-7-15-29)10-11-22(23)24(27-28)25(31)26-19-12-16-30(17-13-19)20-8-4-5-9-20/h10-11,18-20H,2-9,12-17H2,1H3,(H,26,31). The zero-order valence-electron chi connectivity index (χ0n) is 19.0. The highest BCUT2D eigenvalue weighted by molar-refractivity contribution is 6.05. The van der Waals surface area contributed by atoms with Gasteiger partial charge in [0.25, 0.3) is 5.91 Å². The summed E-state index contributed by atoms with van der Waals surface area (Å²) < 4.78 is 1.87. The molecule has 1 saturated carbocycles. The van der Waals surface area contributed by atoms with Crippen molar-refractivity contribution in [3.63, 3.8) is 0 Å². The minimum Gasteiger partial charge on any atom is -0.371 e. The maximum atomic E-state index is 13.1. The molecule has 6 nitrogen and oxygen atoms in total. The lowest BCUT2D eigenvalue weighted by Crippen LogP contribution is -2.47. The normalized spacial score (nSPS) is 22.2. The van der Waals surface area contributed by atoms with Crippen molar-refractivity contribution in [2.75, 3.05) is 31.1 Å². The molecule has 6 heteroatoms. The average Bonchev–Trinajstić information content (AvgIpc) is 3.35. The molecule has 0 radical (unpaired) electrons. The summed E-state index contributed by atoms with van der Waals surface area (Å²) in [5.41, 5.74) is 2.87. The third kappa shape index (κ3) is 4.45. The summed E-state index contributed by atoms with van der Waals surface area (Å²) >= 11 is 0. The van der Waals surface area contributed by atoms with Crippen LogP contribution in [-0.4, -0.2) is 58.9 Å². The predicted octanol–water partition coefficient (Wildman–Crippen LogP) is 4.09. The third-order valence-electron chi connectivity index (χ3n) is 7.73. The summed E-state index contributed by atoms with van der Waals surface area (Å²) in [6.45, 7) is 4.46. The van der Waals surface area contributed by atoms with Gasteiger partial charge in [-0.05, 0) is 56.7 Å². The molecule has 2 aromatic rings. The van der Waals surface area contributed by atoms with Crippen molar-refractivity contribution in [3.05, 3.63) is 23.9 Å². The number of nitrogens with zero attached hydrogens (tertiary/aromatic N) is 4. The Hall–Kier alpha value is -2.08. The number of anilines is 1. The van der Waals surface area contributed by atoms with Crippen LogP contribution in [0.1, 0.15) is 74.7 Å². The number of fused-ring (bicyclic) bond motifs is 1. The van der Waals surface area contributed by atoms with Gasteiger partial charge in [-0.15, -0.1) is 0 Å². The van der Waals surface area contributed by atoms with Gasteiger partial charge >= 0.3 is 0 Å². The van der Waals surface area contributed by atoms with E-state index in [1.165, 1.54) is 57.1 Å². The smallest absolute Gasteiger partial charge is 0.272 e. The fraction of sp³-hybridized carbons (Fsp3) is 0.680. The molecule has 0 atom stereocenters. The lowest BCUT2D eigenvalue weighted by molar-refractivity contribution is 0.0888. The van der Waals surface area contributed by atoms with Crippen LogP contribution in [0.2, 0.25) is 0 Å². The Kier molecular flexibility index (Phi) is 6.17. The van der Waals surface area contributed by atoms with Crippen LogP contribution in [0.15, 0.2) is 18.2 Å². The van der Waals surface area contributed by atoms with E-state index in [1.807, 2.05) is 11.7 Å². The van der Waals surface area contributed by atoms with Crippen molar-refractivity contribution >= 4 is 22.5 Å². The fourth-order valence-corrected chi connectivity index (χ4v) is 5.87. The SMILES string of the molecule is Cn1nc(C(=O)NC2CCN(C3CCCC3)CC2)c2ccc(N3CCCCCC3)cc21. The summed E-state index contributed by atoms with van der Waals surface area (Å²) in [6, 6.07) is 7.53. The van der Waals surface area contributed by atoms with Gasteiger partial charge in [0, 0.05) is 56.4 Å². The van der Waals surface area contributed by atoms with Gasteiger partial charge in [-0.1, -0.05) is 25.7 Å². The van der Waals surface area contributed by atoms with E-state index < -0.39 is 0 Å². The van der Waals surface area contributed by atoms with E-state index in [4.69, 9.17) is 0 Å². The first-order chi connectivity index (χ1) is 15.2. The number of hydrogen-bond acceptors (Lipinski definition) is 4. The van der Waals surface area contributed by atoms with Crippen molar-refractivity contribution in [1.29, 1.82) is 0 Å². The second-order valence-corrected chi connectivity index (χ2v) is 9.80. The monoisotopic (exact) mass is 423 g/mol. The molecule has 3 aliphatic rings. The average molecular weight is 424 g/mol. The topological polar surface area (TPSA) is 53.4 Å². The molecular formula is C25H37N5O. The van der Waals surface area contributed by atoms with Crippen LogP contribution in [-0.2, 0) is 7.05 Å². The molecule has 1 amide bonds. The van der Waals surface area contributed by atoms with E-state index in [-0.39, 0.29) is 11.9 Å². The third-order valence-corrected chi connectivity index (χ3v) is 7.73. The second kappa shape index (κ2) is 9.19. The number of nitrogens with one attached hydrogen (secondary N) is 1. The van der Waals surface area contributed by atoms with Crippen LogP contribution in [0.3, 0.4) is 0 Å². The number of rotatable bonds is 4. The number of carbonyl (C=O) groups excluding carboxylic acids is 1. The van der Waals surface area contributed by atoms with E-state index in [2.05, 4.69) is 38.4 Å². The molecule has 3 fully saturated rings. The van der Waals surface area contributed by atoms with Gasteiger partial charge in [0.05, 0.1) is 5.52 Å². The quantitative estimate of drug-likeness (QED) is 0.805. The van der Waals surface area contributed by atoms with E-state index in [0.717, 1.165) is 56.0 Å². The number of piperidine rings is 1. The Balaban J connectivity index is 1.26. The van der Waals surface area contributed by atoms with Crippen molar-refractivity contribution in [3.8, 4) is 0 Å². The van der Waals surface area contributed by atoms with Crippen LogP contribution in [0.4, 0.5) is 5.69 Å². The molecule has 168 valence electrons. The van der Waals surface area contributed by atoms with Gasteiger partial charge in [0.2, 0.25) is 0 Å². The Morgan fingerprint density at radius 1 is 0.935 bits per heavy atom. The Labute approximate surface area is 186 Å². The van der Waals surface area contributed by atoms with E-state index in [9.17, 15) is 4.79 Å². The molecule has 1 aliphatic carbocycles. The highest BCUT2D eigenvalue weighted by atomic mass is 16.2. The Morgan fingerprint density at radius 2 is 1.65 bits per heavy atom. The van der Waals surface area contributed by atoms with E-state index >= 15 is 0 Å². The van der Waals surface area contributed by atoms with Crippen LogP contribution in [0.5, 0.6) is 0 Å². The van der Waals surface area contributed by atoms with Crippen LogP contribution in [0.25, 0.3) is 10.9 Å². The van der Waals surface area contributed by atoms with Crippen LogP contribution < -0.4 is 10.2 Å². The molecule has 1 aromatic carbocycles. The highest BCUT2D eigenvalue weighted by Gasteiger charge is 2.28. The first-order valence-electron chi connectivity index (χ1n) is 12.5. The zero-order chi connectivity index (χ0) is 21.2. The number of hydrogen-bond donors (Lipinski definition) is 1. The molecule has 0 spiro atoms. The maximum Gasteiger partial charge on any atom is 0.272 e. The molecule has 5 rings (SSSR count). The van der Waals surface area contributed by atoms with Gasteiger partial charge in [-0.3, -0.25) is 9.48 Å². The molecule has 31 heavy (non-hydrogen) atoms. The first kappa shape index (κ1) is 20.8. The van der Waals surface area contributed by atoms with Gasteiger partial charge in [0.1, 0.15) is 0 Å². The highest BCUT2D eigenvalue weighted by Crippen LogP contribution is 2.28. The van der Waals surface area contributed by atoms with E-state index in [1.54, 1.807) is 0 Å². The van der Waals surface area contributed by atoms with Crippen LogP contribution in [0, 0.1) is 0 Å². The summed E-state index contributed by atoms with van der Waals surface area (Å²) in [5, 5.41) is 8.86. The minimum absolute atomic E-state index is 0.0209. The summed E-state index contributed by atoms with van der Waals surface area (Å²) in [7, 11) is 1.95. The molecule has 2 saturated heterocycles. The molecule has 0 bridgehead atoms. The summed E-state index contributed by atoms with van der Waals surface area (Å²) in [6.07, 6.45) is 12.8.